The lowest BCUT2D eigenvalue weighted by molar-refractivity contribution is -0.666. The van der Waals surface area contributed by atoms with Crippen LogP contribution in [0.5, 0.6) is 0 Å². The van der Waals surface area contributed by atoms with E-state index >= 15 is 0 Å². The number of aromatic nitrogens is 2. The molecule has 31 heavy (non-hydrogen) atoms. The standard InChI is InChI=1S/C29H23N2/c1-4-10-23(11-5-1)22-31-28(25-12-6-2-7-13-25)20-27(24-16-18-30-19-17-24)21-29(31)26-14-8-3-9-15-26/h1-21H,22H2/q+1. The maximum atomic E-state index is 4.20. The van der Waals surface area contributed by atoms with Gasteiger partial charge in [-0.05, 0) is 47.5 Å². The van der Waals surface area contributed by atoms with Gasteiger partial charge in [0, 0.05) is 41.2 Å². The highest BCUT2D eigenvalue weighted by Crippen LogP contribution is 2.29. The first-order chi connectivity index (χ1) is 15.4. The lowest BCUT2D eigenvalue weighted by Crippen LogP contribution is -2.39. The van der Waals surface area contributed by atoms with Crippen molar-refractivity contribution in [2.45, 2.75) is 6.54 Å². The molecule has 2 nitrogen and oxygen atoms in total. The molecule has 2 heteroatoms. The molecule has 5 rings (SSSR count). The molecule has 0 saturated heterocycles. The van der Waals surface area contributed by atoms with Crippen LogP contribution in [0.1, 0.15) is 5.56 Å². The number of pyridine rings is 2. The van der Waals surface area contributed by atoms with Crippen LogP contribution in [0.3, 0.4) is 0 Å². The minimum atomic E-state index is 0.798. The summed E-state index contributed by atoms with van der Waals surface area (Å²) in [6.07, 6.45) is 3.70. The molecule has 0 spiro atoms. The molecular weight excluding hydrogens is 376 g/mol. The second-order valence-corrected chi connectivity index (χ2v) is 7.55. The van der Waals surface area contributed by atoms with Crippen LogP contribution in [-0.2, 0) is 6.54 Å². The molecule has 0 atom stereocenters. The van der Waals surface area contributed by atoms with Gasteiger partial charge in [0.25, 0.3) is 0 Å². The van der Waals surface area contributed by atoms with Crippen molar-refractivity contribution in [2.24, 2.45) is 0 Å². The second kappa shape index (κ2) is 8.76. The lowest BCUT2D eigenvalue weighted by atomic mass is 9.99. The molecule has 5 aromatic rings. The Morgan fingerprint density at radius 2 is 0.968 bits per heavy atom. The SMILES string of the molecule is c1ccc(C[n+]2c(-c3ccccc3)cc(-c3ccncc3)cc2-c2ccccc2)cc1. The summed E-state index contributed by atoms with van der Waals surface area (Å²) in [7, 11) is 0. The van der Waals surface area contributed by atoms with Crippen LogP contribution in [0, 0.1) is 0 Å². The van der Waals surface area contributed by atoms with Gasteiger partial charge in [0.2, 0.25) is 11.4 Å². The van der Waals surface area contributed by atoms with E-state index < -0.39 is 0 Å². The first kappa shape index (κ1) is 19.0. The summed E-state index contributed by atoms with van der Waals surface area (Å²) in [5, 5.41) is 0. The smallest absolute Gasteiger partial charge is 0.213 e. The van der Waals surface area contributed by atoms with E-state index in [9.17, 15) is 0 Å². The van der Waals surface area contributed by atoms with Gasteiger partial charge in [-0.25, -0.2) is 0 Å². The summed E-state index contributed by atoms with van der Waals surface area (Å²) < 4.78 is 2.42. The Labute approximate surface area is 183 Å². The first-order valence-electron chi connectivity index (χ1n) is 10.5. The van der Waals surface area contributed by atoms with Crippen LogP contribution in [0.4, 0.5) is 0 Å². The van der Waals surface area contributed by atoms with Crippen molar-refractivity contribution >= 4 is 0 Å². The molecule has 0 radical (unpaired) electrons. The Morgan fingerprint density at radius 3 is 1.48 bits per heavy atom. The summed E-state index contributed by atoms with van der Waals surface area (Å²) in [6.45, 7) is 0.798. The Hall–Kier alpha value is -4.04. The van der Waals surface area contributed by atoms with Gasteiger partial charge in [-0.2, -0.15) is 4.57 Å². The van der Waals surface area contributed by atoms with Crippen LogP contribution in [0.15, 0.2) is 128 Å². The molecule has 0 aliphatic rings. The van der Waals surface area contributed by atoms with E-state index in [1.54, 1.807) is 0 Å². The summed E-state index contributed by atoms with van der Waals surface area (Å²) in [6, 6.07) is 40.6. The highest BCUT2D eigenvalue weighted by molar-refractivity contribution is 5.73. The predicted octanol–water partition coefficient (Wildman–Crippen LogP) is 6.42. The fourth-order valence-corrected chi connectivity index (χ4v) is 3.97. The van der Waals surface area contributed by atoms with E-state index in [2.05, 4.69) is 125 Å². The van der Waals surface area contributed by atoms with Gasteiger partial charge in [0.1, 0.15) is 0 Å². The van der Waals surface area contributed by atoms with Crippen molar-refractivity contribution in [2.75, 3.05) is 0 Å². The molecule has 0 N–H and O–H groups in total. The highest BCUT2D eigenvalue weighted by Gasteiger charge is 2.22. The summed E-state index contributed by atoms with van der Waals surface area (Å²) in [4.78, 5) is 4.20. The van der Waals surface area contributed by atoms with E-state index in [0.717, 1.165) is 12.1 Å². The molecule has 2 aromatic heterocycles. The minimum absolute atomic E-state index is 0.798. The second-order valence-electron chi connectivity index (χ2n) is 7.55. The zero-order valence-corrected chi connectivity index (χ0v) is 17.2. The third kappa shape index (κ3) is 4.15. The molecule has 0 aliphatic carbocycles. The minimum Gasteiger partial charge on any atom is -0.265 e. The zero-order valence-electron chi connectivity index (χ0n) is 17.2. The van der Waals surface area contributed by atoms with Crippen molar-refractivity contribution in [3.05, 3.63) is 133 Å². The summed E-state index contributed by atoms with van der Waals surface area (Å²) >= 11 is 0. The number of rotatable bonds is 5. The average molecular weight is 400 g/mol. The molecule has 3 aromatic carbocycles. The molecule has 2 heterocycles. The average Bonchev–Trinajstić information content (AvgIpc) is 2.86. The monoisotopic (exact) mass is 399 g/mol. The van der Waals surface area contributed by atoms with Gasteiger partial charge in [-0.3, -0.25) is 4.98 Å². The van der Waals surface area contributed by atoms with Gasteiger partial charge in [0.05, 0.1) is 0 Å². The predicted molar refractivity (Wildman–Crippen MR) is 126 cm³/mol. The summed E-state index contributed by atoms with van der Waals surface area (Å²) in [5.74, 6) is 0. The normalized spacial score (nSPS) is 10.7. The van der Waals surface area contributed by atoms with Crippen molar-refractivity contribution in [3.63, 3.8) is 0 Å². The maximum absolute atomic E-state index is 4.20. The number of nitrogens with zero attached hydrogens (tertiary/aromatic N) is 2. The third-order valence-electron chi connectivity index (χ3n) is 5.50. The van der Waals surface area contributed by atoms with Crippen molar-refractivity contribution in [1.82, 2.24) is 4.98 Å². The summed E-state index contributed by atoms with van der Waals surface area (Å²) in [5.41, 5.74) is 8.41. The Balaban J connectivity index is 1.79. The van der Waals surface area contributed by atoms with Crippen LogP contribution in [0.25, 0.3) is 33.6 Å². The lowest BCUT2D eigenvalue weighted by Gasteiger charge is -2.13. The Bertz CT molecular complexity index is 1210. The molecule has 0 aliphatic heterocycles. The number of hydrogen-bond donors (Lipinski definition) is 0. The zero-order chi connectivity index (χ0) is 20.9. The maximum Gasteiger partial charge on any atom is 0.213 e. The van der Waals surface area contributed by atoms with Crippen LogP contribution >= 0.6 is 0 Å². The van der Waals surface area contributed by atoms with Crippen molar-refractivity contribution in [1.29, 1.82) is 0 Å². The fourth-order valence-electron chi connectivity index (χ4n) is 3.97. The van der Waals surface area contributed by atoms with E-state index in [0.29, 0.717) is 0 Å². The molecule has 0 saturated carbocycles. The van der Waals surface area contributed by atoms with Crippen molar-refractivity contribution in [3.8, 4) is 33.6 Å². The van der Waals surface area contributed by atoms with Gasteiger partial charge in [0.15, 0.2) is 6.54 Å². The van der Waals surface area contributed by atoms with E-state index in [1.165, 1.54) is 33.6 Å². The third-order valence-corrected chi connectivity index (χ3v) is 5.50. The van der Waals surface area contributed by atoms with E-state index in [-0.39, 0.29) is 0 Å². The molecule has 0 bridgehead atoms. The quantitative estimate of drug-likeness (QED) is 0.312. The molecule has 0 amide bonds. The van der Waals surface area contributed by atoms with Crippen LogP contribution < -0.4 is 4.57 Å². The van der Waals surface area contributed by atoms with E-state index in [4.69, 9.17) is 0 Å². The van der Waals surface area contributed by atoms with Crippen LogP contribution in [-0.4, -0.2) is 4.98 Å². The fraction of sp³-hybridized carbons (Fsp3) is 0.0345. The Kier molecular flexibility index (Phi) is 5.36. The largest absolute Gasteiger partial charge is 0.265 e. The topological polar surface area (TPSA) is 16.8 Å². The molecule has 0 unspecified atom stereocenters. The molecule has 0 fully saturated rings. The van der Waals surface area contributed by atoms with E-state index in [1.807, 2.05) is 12.4 Å². The van der Waals surface area contributed by atoms with Gasteiger partial charge in [-0.1, -0.05) is 66.7 Å². The molecule has 148 valence electrons. The van der Waals surface area contributed by atoms with Crippen molar-refractivity contribution < 1.29 is 4.57 Å². The first-order valence-corrected chi connectivity index (χ1v) is 10.5. The highest BCUT2D eigenvalue weighted by atomic mass is 15.0. The van der Waals surface area contributed by atoms with Gasteiger partial charge in [-0.15, -0.1) is 0 Å². The number of hydrogen-bond acceptors (Lipinski definition) is 1. The Morgan fingerprint density at radius 1 is 0.484 bits per heavy atom. The van der Waals surface area contributed by atoms with Crippen LogP contribution in [0.2, 0.25) is 0 Å². The molecular formula is C29H23N2+. The number of benzene rings is 3. The van der Waals surface area contributed by atoms with Gasteiger partial charge < -0.3 is 0 Å². The van der Waals surface area contributed by atoms with Gasteiger partial charge >= 0.3 is 0 Å².